The highest BCUT2D eigenvalue weighted by atomic mass is 19.1. The van der Waals surface area contributed by atoms with Crippen molar-refractivity contribution in [3.8, 4) is 17.5 Å². The van der Waals surface area contributed by atoms with Crippen LogP contribution in [0, 0.1) is 30.0 Å². The van der Waals surface area contributed by atoms with Crippen LogP contribution in [-0.4, -0.2) is 28.5 Å². The molecule has 3 rings (SSSR count). The molecule has 3 aliphatic rings. The normalized spacial score (nSPS) is 20.6. The molecule has 6 heteroatoms. The number of rotatable bonds is 5. The number of ketones is 1. The van der Waals surface area contributed by atoms with E-state index in [1.165, 1.54) is 12.3 Å². The Bertz CT molecular complexity index is 793. The number of carbonyl (C=O) groups excluding carboxylic acids is 1. The number of aryl methyl sites for hydroxylation is 1. The highest BCUT2D eigenvalue weighted by molar-refractivity contribution is 5.82. The average molecular weight is 343 g/mol. The second-order valence-electron chi connectivity index (χ2n) is 6.67. The smallest absolute Gasteiger partial charge is 0.158 e. The molecule has 0 spiro atoms. The number of aromatic nitrogens is 2. The van der Waals surface area contributed by atoms with Crippen LogP contribution >= 0.6 is 0 Å². The van der Waals surface area contributed by atoms with Gasteiger partial charge >= 0.3 is 0 Å². The maximum absolute atomic E-state index is 14.1. The summed E-state index contributed by atoms with van der Waals surface area (Å²) < 4.78 is 21.1. The van der Waals surface area contributed by atoms with Crippen molar-refractivity contribution in [2.45, 2.75) is 51.7 Å². The molecule has 1 fully saturated rings. The second-order valence-corrected chi connectivity index (χ2v) is 6.67. The van der Waals surface area contributed by atoms with E-state index in [1.807, 2.05) is 0 Å². The molecule has 5 nitrogen and oxygen atoms in total. The van der Waals surface area contributed by atoms with Crippen molar-refractivity contribution in [1.82, 2.24) is 9.55 Å². The molecule has 2 atom stereocenters. The van der Waals surface area contributed by atoms with E-state index >= 15 is 0 Å². The number of fused-ring (bicyclic) bond motifs is 1. The third-order valence-electron chi connectivity index (χ3n) is 5.11. The van der Waals surface area contributed by atoms with Gasteiger partial charge in [0.05, 0.1) is 25.1 Å². The van der Waals surface area contributed by atoms with Crippen molar-refractivity contribution in [2.75, 3.05) is 7.11 Å². The van der Waals surface area contributed by atoms with Crippen molar-refractivity contribution in [3.05, 3.63) is 29.3 Å². The van der Waals surface area contributed by atoms with Crippen molar-refractivity contribution >= 4 is 5.78 Å². The molecule has 2 heterocycles. The molecule has 2 unspecified atom stereocenters. The predicted octanol–water partition coefficient (Wildman–Crippen LogP) is 3.28. The topological polar surface area (TPSA) is 67.9 Å². The first-order chi connectivity index (χ1) is 12.0. The van der Waals surface area contributed by atoms with Gasteiger partial charge in [-0.3, -0.25) is 4.79 Å². The van der Waals surface area contributed by atoms with E-state index in [0.29, 0.717) is 17.1 Å². The number of ether oxygens (including phenoxy) is 1. The summed E-state index contributed by atoms with van der Waals surface area (Å²) in [6.07, 6.45) is 5.20. The number of carbonyl (C=O) groups is 1. The monoisotopic (exact) mass is 343 g/mol. The largest absolute Gasteiger partial charge is 0.381 e. The van der Waals surface area contributed by atoms with Crippen LogP contribution in [0.5, 0.6) is 0 Å². The number of Topliss-reactive ketones (excluding diaryl/α,β-unsaturated/α-hetero) is 1. The maximum atomic E-state index is 14.1. The lowest BCUT2D eigenvalue weighted by atomic mass is 9.83. The molecule has 0 bridgehead atoms. The minimum Gasteiger partial charge on any atom is -0.381 e. The first-order valence-corrected chi connectivity index (χ1v) is 8.62. The van der Waals surface area contributed by atoms with E-state index in [2.05, 4.69) is 11.1 Å². The fourth-order valence-electron chi connectivity index (χ4n) is 3.83. The molecule has 2 aliphatic heterocycles. The fraction of sp³-hybridized carbons (Fsp3) is 0.526. The lowest BCUT2D eigenvalue weighted by Gasteiger charge is -2.29. The summed E-state index contributed by atoms with van der Waals surface area (Å²) in [5.41, 5.74) is 2.04. The van der Waals surface area contributed by atoms with Gasteiger partial charge < -0.3 is 9.30 Å². The van der Waals surface area contributed by atoms with Gasteiger partial charge in [-0.25, -0.2) is 9.37 Å². The molecule has 132 valence electrons. The fourth-order valence-corrected chi connectivity index (χ4v) is 3.83. The van der Waals surface area contributed by atoms with E-state index in [4.69, 9.17) is 10.00 Å². The predicted molar refractivity (Wildman–Crippen MR) is 90.6 cm³/mol. The standard InChI is InChI=1S/C19H22FN3O2/c1-12-14(7-8-21)16-9-13(20)10-23(19(16)22-12)11-17(24)15-5-3-4-6-18(15)25-2/h9-10,15,18H,3-7,11H2,1-2H3. The number of hydrogen-bond acceptors (Lipinski definition) is 4. The zero-order chi connectivity index (χ0) is 18.0. The Morgan fingerprint density at radius 2 is 2.24 bits per heavy atom. The lowest BCUT2D eigenvalue weighted by molar-refractivity contribution is -0.129. The van der Waals surface area contributed by atoms with Gasteiger partial charge in [-0.15, -0.1) is 0 Å². The summed E-state index contributed by atoms with van der Waals surface area (Å²) >= 11 is 0. The first kappa shape index (κ1) is 17.6. The minimum absolute atomic E-state index is 0.0472. The van der Waals surface area contributed by atoms with Gasteiger partial charge in [-0.05, 0) is 31.4 Å². The molecule has 0 amide bonds. The first-order valence-electron chi connectivity index (χ1n) is 8.62. The van der Waals surface area contributed by atoms with Crippen LogP contribution in [0.2, 0.25) is 0 Å². The zero-order valence-corrected chi connectivity index (χ0v) is 14.6. The van der Waals surface area contributed by atoms with Gasteiger partial charge in [0.25, 0.3) is 0 Å². The van der Waals surface area contributed by atoms with Crippen molar-refractivity contribution in [2.24, 2.45) is 5.92 Å². The molecule has 0 saturated heterocycles. The van der Waals surface area contributed by atoms with Crippen LogP contribution in [0.4, 0.5) is 4.39 Å². The highest BCUT2D eigenvalue weighted by Crippen LogP contribution is 2.31. The van der Waals surface area contributed by atoms with Gasteiger partial charge in [0.15, 0.2) is 5.78 Å². The molecule has 0 aromatic carbocycles. The van der Waals surface area contributed by atoms with E-state index in [-0.39, 0.29) is 30.8 Å². The molecule has 25 heavy (non-hydrogen) atoms. The summed E-state index contributed by atoms with van der Waals surface area (Å²) in [5, 5.41) is 8.99. The minimum atomic E-state index is -0.432. The highest BCUT2D eigenvalue weighted by Gasteiger charge is 2.31. The van der Waals surface area contributed by atoms with E-state index in [9.17, 15) is 9.18 Å². The summed E-state index contributed by atoms with van der Waals surface area (Å²) in [6, 6.07) is 3.48. The molecular weight excluding hydrogens is 321 g/mol. The molecule has 1 saturated carbocycles. The van der Waals surface area contributed by atoms with Crippen LogP contribution in [0.3, 0.4) is 0 Å². The molecule has 0 aromatic rings. The number of nitriles is 1. The van der Waals surface area contributed by atoms with Crippen LogP contribution in [0.25, 0.3) is 11.4 Å². The van der Waals surface area contributed by atoms with Crippen LogP contribution in [-0.2, 0) is 22.5 Å². The molecule has 0 aromatic heterocycles. The van der Waals surface area contributed by atoms with Crippen molar-refractivity contribution < 1.29 is 13.9 Å². The van der Waals surface area contributed by atoms with Crippen LogP contribution < -0.4 is 0 Å². The Morgan fingerprint density at radius 3 is 2.96 bits per heavy atom. The Morgan fingerprint density at radius 1 is 1.48 bits per heavy atom. The van der Waals surface area contributed by atoms with Gasteiger partial charge in [0, 0.05) is 30.5 Å². The SMILES string of the molecule is COC1CCCCC1C(=O)Cn1cc(F)cc2c(CC#N)c(C)nc1-2. The molecular formula is C19H22FN3O2. The summed E-state index contributed by atoms with van der Waals surface area (Å²) in [7, 11) is 1.64. The van der Waals surface area contributed by atoms with Crippen molar-refractivity contribution in [3.63, 3.8) is 0 Å². The lowest BCUT2D eigenvalue weighted by Crippen LogP contribution is -2.35. The van der Waals surface area contributed by atoms with E-state index in [1.54, 1.807) is 18.6 Å². The van der Waals surface area contributed by atoms with Gasteiger partial charge in [-0.2, -0.15) is 5.26 Å². The third kappa shape index (κ3) is 3.42. The van der Waals surface area contributed by atoms with Crippen LogP contribution in [0.1, 0.15) is 36.9 Å². The second kappa shape index (κ2) is 7.32. The quantitative estimate of drug-likeness (QED) is 0.835. The van der Waals surface area contributed by atoms with E-state index < -0.39 is 5.82 Å². The number of methoxy groups -OCH3 is 1. The summed E-state index contributed by atoms with van der Waals surface area (Å²) in [4.78, 5) is 17.3. The summed E-state index contributed by atoms with van der Waals surface area (Å²) in [6.45, 7) is 1.88. The summed E-state index contributed by atoms with van der Waals surface area (Å²) in [5.74, 6) is 0.0197. The maximum Gasteiger partial charge on any atom is 0.158 e. The number of hydrogen-bond donors (Lipinski definition) is 0. The molecule has 0 radical (unpaired) electrons. The zero-order valence-electron chi connectivity index (χ0n) is 14.6. The van der Waals surface area contributed by atoms with Crippen molar-refractivity contribution in [1.29, 1.82) is 5.26 Å². The number of nitrogens with zero attached hydrogens (tertiary/aromatic N) is 3. The molecule has 1 aliphatic carbocycles. The van der Waals surface area contributed by atoms with E-state index in [0.717, 1.165) is 31.2 Å². The van der Waals surface area contributed by atoms with Gasteiger partial charge in [-0.1, -0.05) is 12.8 Å². The van der Waals surface area contributed by atoms with Crippen LogP contribution in [0.15, 0.2) is 12.3 Å². The molecule has 0 N–H and O–H groups in total. The average Bonchev–Trinajstić information content (AvgIpc) is 2.91. The Hall–Kier alpha value is -2.26. The number of pyridine rings is 1. The number of halogens is 1. The Labute approximate surface area is 146 Å². The Kier molecular flexibility index (Phi) is 5.14. The van der Waals surface area contributed by atoms with Gasteiger partial charge in [0.1, 0.15) is 11.6 Å². The third-order valence-corrected chi connectivity index (χ3v) is 5.11. The Balaban J connectivity index is 1.91. The van der Waals surface area contributed by atoms with Gasteiger partial charge in [0.2, 0.25) is 0 Å².